The molecule has 0 bridgehead atoms. The Kier molecular flexibility index (Phi) is 7.03. The zero-order valence-corrected chi connectivity index (χ0v) is 18.2. The van der Waals surface area contributed by atoms with Gasteiger partial charge in [-0.3, -0.25) is 0 Å². The van der Waals surface area contributed by atoms with Crippen LogP contribution < -0.4 is 4.74 Å². The molecule has 5 nitrogen and oxygen atoms in total. The summed E-state index contributed by atoms with van der Waals surface area (Å²) in [6.07, 6.45) is 4.05. The average Bonchev–Trinajstić information content (AvgIpc) is 2.76. The van der Waals surface area contributed by atoms with Crippen LogP contribution >= 0.6 is 0 Å². The minimum absolute atomic E-state index is 0.198. The fraction of sp³-hybridized carbons (Fsp3) is 0.250. The van der Waals surface area contributed by atoms with Gasteiger partial charge in [-0.25, -0.2) is 17.8 Å². The highest BCUT2D eigenvalue weighted by Gasteiger charge is 2.17. The van der Waals surface area contributed by atoms with E-state index in [0.717, 1.165) is 25.5 Å². The van der Waals surface area contributed by atoms with E-state index in [2.05, 4.69) is 18.0 Å². The van der Waals surface area contributed by atoms with E-state index in [1.54, 1.807) is 30.3 Å². The molecular weight excluding hydrogens is 415 g/mol. The van der Waals surface area contributed by atoms with Gasteiger partial charge in [0.05, 0.1) is 17.2 Å². The number of hydrogen-bond acceptors (Lipinski definition) is 5. The second-order valence-electron chi connectivity index (χ2n) is 7.21. The largest absolute Gasteiger partial charge is 0.477 e. The monoisotopic (exact) mass is 438 g/mol. The minimum atomic E-state index is -3.33. The zero-order valence-electron chi connectivity index (χ0n) is 17.4. The van der Waals surface area contributed by atoms with Crippen molar-refractivity contribution in [1.82, 2.24) is 4.98 Å². The summed E-state index contributed by atoms with van der Waals surface area (Å²) in [7, 11) is -3.33. The molecule has 3 aromatic rings. The van der Waals surface area contributed by atoms with Crippen LogP contribution in [0.1, 0.15) is 31.7 Å². The molecule has 0 aliphatic carbocycles. The Morgan fingerprint density at radius 2 is 1.68 bits per heavy atom. The molecular formula is C24H23FN2O3S. The Hall–Kier alpha value is -3.24. The fourth-order valence-corrected chi connectivity index (χ4v) is 3.77. The molecule has 1 aromatic heterocycles. The van der Waals surface area contributed by atoms with Gasteiger partial charge < -0.3 is 4.74 Å². The van der Waals surface area contributed by atoms with Crippen molar-refractivity contribution in [2.45, 2.75) is 31.1 Å². The third-order valence-electron chi connectivity index (χ3n) is 4.81. The number of unbranched alkanes of at least 4 members (excludes halogenated alkanes) is 2. The Labute approximate surface area is 182 Å². The van der Waals surface area contributed by atoms with Gasteiger partial charge in [0.2, 0.25) is 5.88 Å². The molecule has 0 unspecified atom stereocenters. The fourth-order valence-electron chi connectivity index (χ4n) is 3.14. The Bertz CT molecular complexity index is 1200. The predicted octanol–water partition coefficient (Wildman–Crippen LogP) is 5.40. The van der Waals surface area contributed by atoms with Gasteiger partial charge in [0, 0.05) is 17.4 Å². The second-order valence-corrected chi connectivity index (χ2v) is 9.22. The third-order valence-corrected chi connectivity index (χ3v) is 5.93. The first kappa shape index (κ1) is 22.4. The molecule has 31 heavy (non-hydrogen) atoms. The van der Waals surface area contributed by atoms with E-state index in [1.165, 1.54) is 24.3 Å². The molecule has 160 valence electrons. The van der Waals surface area contributed by atoms with Gasteiger partial charge in [-0.1, -0.05) is 31.9 Å². The van der Waals surface area contributed by atoms with Gasteiger partial charge in [-0.05, 0) is 54.4 Å². The number of sulfone groups is 1. The molecule has 1 heterocycles. The number of ether oxygens (including phenoxy) is 1. The minimum Gasteiger partial charge on any atom is -0.477 e. The summed E-state index contributed by atoms with van der Waals surface area (Å²) in [5, 5.41) is 9.64. The summed E-state index contributed by atoms with van der Waals surface area (Å²) in [4.78, 5) is 4.80. The van der Waals surface area contributed by atoms with E-state index < -0.39 is 9.84 Å². The number of nitriles is 1. The molecule has 7 heteroatoms. The summed E-state index contributed by atoms with van der Waals surface area (Å²) in [6, 6.07) is 16.1. The van der Waals surface area contributed by atoms with Gasteiger partial charge in [-0.2, -0.15) is 5.26 Å². The van der Waals surface area contributed by atoms with Crippen molar-refractivity contribution in [3.8, 4) is 34.3 Å². The average molecular weight is 439 g/mol. The van der Waals surface area contributed by atoms with Crippen LogP contribution in [-0.2, 0) is 9.84 Å². The lowest BCUT2D eigenvalue weighted by Gasteiger charge is -2.14. The normalized spacial score (nSPS) is 11.2. The molecule has 0 radical (unpaired) electrons. The SMILES string of the molecule is CCCCCOc1nc(-c2ccc(F)cc2)c(-c2ccc(S(C)(=O)=O)cc2)cc1C#N. The van der Waals surface area contributed by atoms with Crippen molar-refractivity contribution >= 4 is 9.84 Å². The van der Waals surface area contributed by atoms with E-state index >= 15 is 0 Å². The molecule has 0 atom stereocenters. The van der Waals surface area contributed by atoms with Gasteiger partial charge >= 0.3 is 0 Å². The molecule has 0 saturated heterocycles. The van der Waals surface area contributed by atoms with Crippen LogP contribution in [0, 0.1) is 17.1 Å². The number of rotatable bonds is 8. The number of benzene rings is 2. The number of aromatic nitrogens is 1. The highest BCUT2D eigenvalue weighted by molar-refractivity contribution is 7.90. The van der Waals surface area contributed by atoms with Crippen molar-refractivity contribution in [3.63, 3.8) is 0 Å². The molecule has 0 aliphatic heterocycles. The van der Waals surface area contributed by atoms with Crippen molar-refractivity contribution in [2.24, 2.45) is 0 Å². The molecule has 0 fully saturated rings. The number of halogens is 1. The van der Waals surface area contributed by atoms with Gasteiger partial charge in [0.25, 0.3) is 0 Å². The Morgan fingerprint density at radius 3 is 2.26 bits per heavy atom. The second kappa shape index (κ2) is 9.71. The van der Waals surface area contributed by atoms with E-state index in [9.17, 15) is 18.1 Å². The van der Waals surface area contributed by atoms with E-state index in [-0.39, 0.29) is 22.2 Å². The predicted molar refractivity (Wildman–Crippen MR) is 118 cm³/mol. The first-order chi connectivity index (χ1) is 14.8. The van der Waals surface area contributed by atoms with Crippen LogP contribution in [0.3, 0.4) is 0 Å². The smallest absolute Gasteiger partial charge is 0.232 e. The van der Waals surface area contributed by atoms with Crippen LogP contribution in [0.5, 0.6) is 5.88 Å². The lowest BCUT2D eigenvalue weighted by Crippen LogP contribution is -2.03. The summed E-state index contributed by atoms with van der Waals surface area (Å²) in [6.45, 7) is 2.54. The summed E-state index contributed by atoms with van der Waals surface area (Å²) in [5.74, 6) is -0.137. The number of hydrogen-bond donors (Lipinski definition) is 0. The lowest BCUT2D eigenvalue weighted by atomic mass is 9.98. The van der Waals surface area contributed by atoms with Gasteiger partial charge in [0.15, 0.2) is 9.84 Å². The molecule has 2 aromatic carbocycles. The van der Waals surface area contributed by atoms with Gasteiger partial charge in [-0.15, -0.1) is 0 Å². The molecule has 3 rings (SSSR count). The van der Waals surface area contributed by atoms with E-state index in [1.807, 2.05) is 0 Å². The molecule has 0 spiro atoms. The maximum atomic E-state index is 13.5. The Balaban J connectivity index is 2.12. The maximum Gasteiger partial charge on any atom is 0.232 e. The summed E-state index contributed by atoms with van der Waals surface area (Å²) >= 11 is 0. The van der Waals surface area contributed by atoms with Crippen LogP contribution in [0.25, 0.3) is 22.4 Å². The van der Waals surface area contributed by atoms with Crippen molar-refractivity contribution < 1.29 is 17.5 Å². The van der Waals surface area contributed by atoms with Crippen molar-refractivity contribution in [2.75, 3.05) is 12.9 Å². The number of pyridine rings is 1. The molecule has 0 aliphatic rings. The first-order valence-corrected chi connectivity index (χ1v) is 11.9. The summed E-state index contributed by atoms with van der Waals surface area (Å²) < 4.78 is 42.8. The number of nitrogens with zero attached hydrogens (tertiary/aromatic N) is 2. The zero-order chi connectivity index (χ0) is 22.4. The maximum absolute atomic E-state index is 13.5. The van der Waals surface area contributed by atoms with Crippen LogP contribution in [0.4, 0.5) is 4.39 Å². The van der Waals surface area contributed by atoms with Crippen LogP contribution in [0.15, 0.2) is 59.5 Å². The summed E-state index contributed by atoms with van der Waals surface area (Å²) in [5.41, 5.74) is 2.78. The lowest BCUT2D eigenvalue weighted by molar-refractivity contribution is 0.294. The molecule has 0 saturated carbocycles. The standard InChI is InChI=1S/C24H23FN2O3S/c1-3-4-5-14-30-24-19(16-26)15-22(17-8-12-21(13-9-17)31(2,28)29)23(27-24)18-6-10-20(25)11-7-18/h6-13,15H,3-5,14H2,1-2H3. The molecule has 0 amide bonds. The third kappa shape index (κ3) is 5.47. The van der Waals surface area contributed by atoms with Gasteiger partial charge in [0.1, 0.15) is 17.4 Å². The highest BCUT2D eigenvalue weighted by Crippen LogP contribution is 2.35. The van der Waals surface area contributed by atoms with Crippen LogP contribution in [-0.4, -0.2) is 26.3 Å². The molecule has 0 N–H and O–H groups in total. The van der Waals surface area contributed by atoms with Crippen molar-refractivity contribution in [1.29, 1.82) is 5.26 Å². The quantitative estimate of drug-likeness (QED) is 0.440. The first-order valence-electron chi connectivity index (χ1n) is 9.98. The highest BCUT2D eigenvalue weighted by atomic mass is 32.2. The Morgan fingerprint density at radius 1 is 1.03 bits per heavy atom. The van der Waals surface area contributed by atoms with Crippen LogP contribution in [0.2, 0.25) is 0 Å². The topological polar surface area (TPSA) is 80.0 Å². The van der Waals surface area contributed by atoms with E-state index in [4.69, 9.17) is 4.74 Å². The van der Waals surface area contributed by atoms with Crippen molar-refractivity contribution in [3.05, 3.63) is 66.0 Å². The van der Waals surface area contributed by atoms with E-state index in [0.29, 0.717) is 29.0 Å².